The quantitative estimate of drug-likeness (QED) is 0.731. The van der Waals surface area contributed by atoms with Crippen LogP contribution in [-0.4, -0.2) is 21.6 Å². The zero-order valence-electron chi connectivity index (χ0n) is 12.6. The summed E-state index contributed by atoms with van der Waals surface area (Å²) >= 11 is 6.18. The van der Waals surface area contributed by atoms with Gasteiger partial charge in [0.1, 0.15) is 0 Å². The molecule has 2 aromatic carbocycles. The Balaban J connectivity index is 1.50. The van der Waals surface area contributed by atoms with Gasteiger partial charge < -0.3 is 4.42 Å². The molecule has 1 aliphatic rings. The van der Waals surface area contributed by atoms with Gasteiger partial charge in [0, 0.05) is 13.1 Å². The summed E-state index contributed by atoms with van der Waals surface area (Å²) in [6, 6.07) is 16.1. The molecule has 3 aromatic rings. The smallest absolute Gasteiger partial charge is 0.249 e. The van der Waals surface area contributed by atoms with Crippen LogP contribution in [-0.2, 0) is 19.5 Å². The van der Waals surface area contributed by atoms with Gasteiger partial charge in [0.05, 0.1) is 17.1 Å². The molecule has 0 fully saturated rings. The van der Waals surface area contributed by atoms with Crippen LogP contribution in [0.25, 0.3) is 11.5 Å². The summed E-state index contributed by atoms with van der Waals surface area (Å²) in [5, 5.41) is 8.92. The number of halogens is 1. The molecule has 1 aliphatic heterocycles. The van der Waals surface area contributed by atoms with Crippen LogP contribution >= 0.6 is 11.6 Å². The van der Waals surface area contributed by atoms with Gasteiger partial charge in [-0.2, -0.15) is 0 Å². The number of fused-ring (bicyclic) bond motifs is 1. The molecule has 0 saturated heterocycles. The lowest BCUT2D eigenvalue weighted by Crippen LogP contribution is -2.30. The van der Waals surface area contributed by atoms with E-state index in [-0.39, 0.29) is 0 Å². The standard InChI is InChI=1S/C18H16ClN3O/c19-16-8-4-3-7-15(16)18-21-20-17(23-18)12-22-10-9-13-5-1-2-6-14(13)11-22/h1-8H,9-12H2. The fourth-order valence-corrected chi connectivity index (χ4v) is 3.16. The van der Waals surface area contributed by atoms with Gasteiger partial charge in [0.15, 0.2) is 0 Å². The number of benzene rings is 2. The second-order valence-electron chi connectivity index (χ2n) is 5.71. The third-order valence-electron chi connectivity index (χ3n) is 4.14. The topological polar surface area (TPSA) is 42.2 Å². The SMILES string of the molecule is Clc1ccccc1-c1nnc(CN2CCc3ccccc3C2)o1. The molecule has 23 heavy (non-hydrogen) atoms. The maximum Gasteiger partial charge on any atom is 0.249 e. The van der Waals surface area contributed by atoms with E-state index >= 15 is 0 Å². The van der Waals surface area contributed by atoms with E-state index in [1.54, 1.807) is 0 Å². The first-order chi connectivity index (χ1) is 11.3. The Kier molecular flexibility index (Phi) is 3.85. The molecule has 1 aromatic heterocycles. The summed E-state index contributed by atoms with van der Waals surface area (Å²) in [7, 11) is 0. The van der Waals surface area contributed by atoms with E-state index in [1.807, 2.05) is 24.3 Å². The van der Waals surface area contributed by atoms with Crippen molar-refractivity contribution < 1.29 is 4.42 Å². The van der Waals surface area contributed by atoms with Gasteiger partial charge >= 0.3 is 0 Å². The molecule has 0 saturated carbocycles. The summed E-state index contributed by atoms with van der Waals surface area (Å²) < 4.78 is 5.79. The van der Waals surface area contributed by atoms with Crippen LogP contribution in [0.2, 0.25) is 5.02 Å². The van der Waals surface area contributed by atoms with Gasteiger partial charge in [0.25, 0.3) is 0 Å². The highest BCUT2D eigenvalue weighted by atomic mass is 35.5. The minimum Gasteiger partial charge on any atom is -0.419 e. The van der Waals surface area contributed by atoms with Crippen molar-refractivity contribution in [2.75, 3.05) is 6.54 Å². The monoisotopic (exact) mass is 325 g/mol. The average molecular weight is 326 g/mol. The zero-order chi connectivity index (χ0) is 15.6. The van der Waals surface area contributed by atoms with Crippen LogP contribution in [0, 0.1) is 0 Å². The van der Waals surface area contributed by atoms with Crippen molar-refractivity contribution in [1.29, 1.82) is 0 Å². The molecular formula is C18H16ClN3O. The van der Waals surface area contributed by atoms with Gasteiger partial charge in [-0.05, 0) is 29.7 Å². The van der Waals surface area contributed by atoms with Crippen molar-refractivity contribution in [2.24, 2.45) is 0 Å². The molecule has 0 aliphatic carbocycles. The van der Waals surface area contributed by atoms with E-state index in [9.17, 15) is 0 Å². The zero-order valence-corrected chi connectivity index (χ0v) is 13.3. The highest BCUT2D eigenvalue weighted by Crippen LogP contribution is 2.27. The van der Waals surface area contributed by atoms with Gasteiger partial charge in [0.2, 0.25) is 11.8 Å². The average Bonchev–Trinajstić information content (AvgIpc) is 3.03. The summed E-state index contributed by atoms with van der Waals surface area (Å²) in [5.74, 6) is 1.10. The van der Waals surface area contributed by atoms with E-state index < -0.39 is 0 Å². The van der Waals surface area contributed by atoms with E-state index in [0.717, 1.165) is 25.1 Å². The number of hydrogen-bond donors (Lipinski definition) is 0. The van der Waals surface area contributed by atoms with Crippen LogP contribution in [0.3, 0.4) is 0 Å². The Morgan fingerprint density at radius 2 is 1.78 bits per heavy atom. The van der Waals surface area contributed by atoms with Crippen LogP contribution < -0.4 is 0 Å². The fraction of sp³-hybridized carbons (Fsp3) is 0.222. The molecule has 0 atom stereocenters. The third kappa shape index (κ3) is 3.00. The first-order valence-electron chi connectivity index (χ1n) is 7.66. The molecule has 0 N–H and O–H groups in total. The molecule has 0 bridgehead atoms. The summed E-state index contributed by atoms with van der Waals surface area (Å²) in [5.41, 5.74) is 3.59. The molecule has 116 valence electrons. The normalized spacial score (nSPS) is 14.7. The van der Waals surface area contributed by atoms with E-state index in [4.69, 9.17) is 16.0 Å². The van der Waals surface area contributed by atoms with Crippen molar-refractivity contribution in [2.45, 2.75) is 19.5 Å². The van der Waals surface area contributed by atoms with Gasteiger partial charge in [-0.3, -0.25) is 4.90 Å². The Bertz CT molecular complexity index is 830. The molecule has 4 nitrogen and oxygen atoms in total. The van der Waals surface area contributed by atoms with Crippen molar-refractivity contribution >= 4 is 11.6 Å². The van der Waals surface area contributed by atoms with Crippen molar-refractivity contribution in [1.82, 2.24) is 15.1 Å². The van der Waals surface area contributed by atoms with Gasteiger partial charge in [-0.15, -0.1) is 10.2 Å². The molecular weight excluding hydrogens is 310 g/mol. The van der Waals surface area contributed by atoms with Crippen LogP contribution in [0.5, 0.6) is 0 Å². The van der Waals surface area contributed by atoms with Crippen LogP contribution in [0.15, 0.2) is 52.9 Å². The molecule has 0 amide bonds. The Morgan fingerprint density at radius 3 is 2.65 bits per heavy atom. The number of rotatable bonds is 3. The fourth-order valence-electron chi connectivity index (χ4n) is 2.94. The number of aromatic nitrogens is 2. The lowest BCUT2D eigenvalue weighted by atomic mass is 10.00. The first-order valence-corrected chi connectivity index (χ1v) is 8.04. The first kappa shape index (κ1) is 14.4. The second-order valence-corrected chi connectivity index (χ2v) is 6.12. The van der Waals surface area contributed by atoms with Gasteiger partial charge in [-0.1, -0.05) is 48.0 Å². The Hall–Kier alpha value is -2.17. The van der Waals surface area contributed by atoms with Crippen LogP contribution in [0.1, 0.15) is 17.0 Å². The van der Waals surface area contributed by atoms with E-state index in [2.05, 4.69) is 39.4 Å². The molecule has 4 rings (SSSR count). The summed E-state index contributed by atoms with van der Waals surface area (Å²) in [6.07, 6.45) is 1.06. The number of nitrogens with zero attached hydrogens (tertiary/aromatic N) is 3. The molecule has 0 unspecified atom stereocenters. The van der Waals surface area contributed by atoms with E-state index in [0.29, 0.717) is 23.3 Å². The van der Waals surface area contributed by atoms with Crippen molar-refractivity contribution in [3.05, 3.63) is 70.6 Å². The summed E-state index contributed by atoms with van der Waals surface area (Å²) in [4.78, 5) is 2.33. The Morgan fingerprint density at radius 1 is 1.00 bits per heavy atom. The predicted octanol–water partition coefficient (Wildman–Crippen LogP) is 3.95. The van der Waals surface area contributed by atoms with Crippen LogP contribution in [0.4, 0.5) is 0 Å². The molecule has 2 heterocycles. The second kappa shape index (κ2) is 6.14. The Labute approximate surface area is 139 Å². The van der Waals surface area contributed by atoms with Crippen molar-refractivity contribution in [3.8, 4) is 11.5 Å². The lowest BCUT2D eigenvalue weighted by Gasteiger charge is -2.27. The minimum absolute atomic E-state index is 0.475. The maximum absolute atomic E-state index is 6.18. The van der Waals surface area contributed by atoms with Crippen molar-refractivity contribution in [3.63, 3.8) is 0 Å². The van der Waals surface area contributed by atoms with Gasteiger partial charge in [-0.25, -0.2) is 0 Å². The largest absolute Gasteiger partial charge is 0.419 e. The molecule has 0 spiro atoms. The third-order valence-corrected chi connectivity index (χ3v) is 4.47. The minimum atomic E-state index is 0.475. The molecule has 5 heteroatoms. The maximum atomic E-state index is 6.18. The highest BCUT2D eigenvalue weighted by Gasteiger charge is 2.19. The number of hydrogen-bond acceptors (Lipinski definition) is 4. The highest BCUT2D eigenvalue weighted by molar-refractivity contribution is 6.33. The van der Waals surface area contributed by atoms with E-state index in [1.165, 1.54) is 11.1 Å². The lowest BCUT2D eigenvalue weighted by molar-refractivity contribution is 0.222. The summed E-state index contributed by atoms with van der Waals surface area (Å²) in [6.45, 7) is 2.58. The predicted molar refractivity (Wildman–Crippen MR) is 89.0 cm³/mol. The molecule has 0 radical (unpaired) electrons.